The molecule has 0 spiro atoms. The van der Waals surface area contributed by atoms with E-state index in [-0.39, 0.29) is 6.42 Å². The SMILES string of the molecule is O=C(O)CCC(NC(=O)C1CCCN1)C(=O)NC(CC(=O)O)C(=O)NC(CO)C(=O)O. The number of amides is 3. The molecule has 31 heavy (non-hydrogen) atoms. The van der Waals surface area contributed by atoms with Crippen LogP contribution in [0.15, 0.2) is 0 Å². The highest BCUT2D eigenvalue weighted by Gasteiger charge is 2.32. The first-order chi connectivity index (χ1) is 14.5. The van der Waals surface area contributed by atoms with Gasteiger partial charge >= 0.3 is 17.9 Å². The van der Waals surface area contributed by atoms with E-state index in [1.54, 1.807) is 0 Å². The summed E-state index contributed by atoms with van der Waals surface area (Å²) in [5.41, 5.74) is 0. The Bertz CT molecular complexity index is 707. The lowest BCUT2D eigenvalue weighted by atomic mass is 10.1. The van der Waals surface area contributed by atoms with Crippen LogP contribution in [0.3, 0.4) is 0 Å². The van der Waals surface area contributed by atoms with Gasteiger partial charge < -0.3 is 41.7 Å². The van der Waals surface area contributed by atoms with Crippen LogP contribution in [0.5, 0.6) is 0 Å². The normalized spacial score (nSPS) is 18.3. The minimum absolute atomic E-state index is 0.324. The summed E-state index contributed by atoms with van der Waals surface area (Å²) < 4.78 is 0. The number of carboxylic acid groups (broad SMARTS) is 3. The maximum absolute atomic E-state index is 12.6. The molecule has 0 saturated carbocycles. The highest BCUT2D eigenvalue weighted by Crippen LogP contribution is 2.07. The van der Waals surface area contributed by atoms with Crippen molar-refractivity contribution < 1.29 is 49.2 Å². The molecule has 0 bridgehead atoms. The molecule has 1 aliphatic rings. The van der Waals surface area contributed by atoms with Gasteiger partial charge in [-0.3, -0.25) is 24.0 Å². The average molecular weight is 446 g/mol. The second-order valence-electron chi connectivity index (χ2n) is 6.88. The Morgan fingerprint density at radius 2 is 1.48 bits per heavy atom. The topological polar surface area (TPSA) is 231 Å². The van der Waals surface area contributed by atoms with Crippen molar-refractivity contribution >= 4 is 35.6 Å². The third-order valence-corrected chi connectivity index (χ3v) is 4.47. The van der Waals surface area contributed by atoms with Crippen LogP contribution < -0.4 is 21.3 Å². The predicted molar refractivity (Wildman–Crippen MR) is 101 cm³/mol. The Hall–Kier alpha value is -3.26. The lowest BCUT2D eigenvalue weighted by molar-refractivity contribution is -0.144. The highest BCUT2D eigenvalue weighted by atomic mass is 16.4. The van der Waals surface area contributed by atoms with Crippen molar-refractivity contribution in [2.75, 3.05) is 13.2 Å². The fraction of sp³-hybridized carbons (Fsp3) is 0.647. The monoisotopic (exact) mass is 446 g/mol. The first kappa shape index (κ1) is 25.8. The van der Waals surface area contributed by atoms with E-state index < -0.39 is 79.2 Å². The lowest BCUT2D eigenvalue weighted by Gasteiger charge is -2.24. The maximum atomic E-state index is 12.6. The molecular weight excluding hydrogens is 420 g/mol. The van der Waals surface area contributed by atoms with Crippen molar-refractivity contribution in [2.45, 2.75) is 56.3 Å². The molecule has 4 unspecified atom stereocenters. The number of rotatable bonds is 13. The van der Waals surface area contributed by atoms with E-state index in [0.717, 1.165) is 6.42 Å². The van der Waals surface area contributed by atoms with Crippen LogP contribution in [0.4, 0.5) is 0 Å². The Morgan fingerprint density at radius 1 is 0.871 bits per heavy atom. The number of nitrogens with one attached hydrogen (secondary N) is 4. The third kappa shape index (κ3) is 8.96. The van der Waals surface area contributed by atoms with Crippen LogP contribution in [0.2, 0.25) is 0 Å². The Labute approximate surface area is 176 Å². The zero-order valence-corrected chi connectivity index (χ0v) is 16.5. The predicted octanol–water partition coefficient (Wildman–Crippen LogP) is -3.39. The van der Waals surface area contributed by atoms with Gasteiger partial charge in [-0.1, -0.05) is 0 Å². The summed E-state index contributed by atoms with van der Waals surface area (Å²) in [6.07, 6.45) is -0.478. The van der Waals surface area contributed by atoms with Gasteiger partial charge in [0.1, 0.15) is 18.1 Å². The molecule has 1 rings (SSSR count). The van der Waals surface area contributed by atoms with Crippen LogP contribution in [0.25, 0.3) is 0 Å². The highest BCUT2D eigenvalue weighted by molar-refractivity contribution is 5.95. The van der Waals surface area contributed by atoms with E-state index in [0.29, 0.717) is 13.0 Å². The summed E-state index contributed by atoms with van der Waals surface area (Å²) in [6.45, 7) is -0.374. The number of aliphatic hydroxyl groups is 1. The van der Waals surface area contributed by atoms with E-state index in [9.17, 15) is 28.8 Å². The fourth-order valence-corrected chi connectivity index (χ4v) is 2.83. The number of carbonyl (C=O) groups excluding carboxylic acids is 3. The Balaban J connectivity index is 2.91. The zero-order valence-electron chi connectivity index (χ0n) is 16.5. The van der Waals surface area contributed by atoms with Gasteiger partial charge in [-0.25, -0.2) is 4.79 Å². The van der Waals surface area contributed by atoms with E-state index in [1.807, 2.05) is 5.32 Å². The van der Waals surface area contributed by atoms with Crippen molar-refractivity contribution in [3.05, 3.63) is 0 Å². The molecule has 0 aliphatic carbocycles. The zero-order chi connectivity index (χ0) is 23.6. The van der Waals surface area contributed by atoms with E-state index in [1.165, 1.54) is 0 Å². The van der Waals surface area contributed by atoms with E-state index in [2.05, 4.69) is 16.0 Å². The summed E-state index contributed by atoms with van der Waals surface area (Å²) in [6, 6.07) is -5.40. The minimum atomic E-state index is -1.73. The molecule has 1 aliphatic heterocycles. The van der Waals surface area contributed by atoms with Gasteiger partial charge in [-0.05, 0) is 25.8 Å². The molecule has 8 N–H and O–H groups in total. The molecule has 0 aromatic rings. The molecule has 14 heteroatoms. The number of aliphatic hydroxyl groups excluding tert-OH is 1. The summed E-state index contributed by atoms with van der Waals surface area (Å²) in [7, 11) is 0. The number of carboxylic acids is 3. The molecule has 174 valence electrons. The van der Waals surface area contributed by atoms with Crippen LogP contribution in [-0.2, 0) is 28.8 Å². The molecule has 1 fully saturated rings. The number of hydrogen-bond acceptors (Lipinski definition) is 8. The van der Waals surface area contributed by atoms with Crippen molar-refractivity contribution in [1.82, 2.24) is 21.3 Å². The molecule has 14 nitrogen and oxygen atoms in total. The van der Waals surface area contributed by atoms with Crippen molar-refractivity contribution in [3.63, 3.8) is 0 Å². The summed E-state index contributed by atoms with van der Waals surface area (Å²) in [5, 5.41) is 45.1. The molecule has 1 heterocycles. The van der Waals surface area contributed by atoms with Gasteiger partial charge in [0, 0.05) is 6.42 Å². The van der Waals surface area contributed by atoms with Gasteiger partial charge in [0.15, 0.2) is 0 Å². The second kappa shape index (κ2) is 12.4. The summed E-state index contributed by atoms with van der Waals surface area (Å²) in [5.74, 6) is -7.04. The van der Waals surface area contributed by atoms with Gasteiger partial charge in [-0.15, -0.1) is 0 Å². The second-order valence-corrected chi connectivity index (χ2v) is 6.88. The minimum Gasteiger partial charge on any atom is -0.481 e. The molecule has 4 atom stereocenters. The van der Waals surface area contributed by atoms with Crippen molar-refractivity contribution in [3.8, 4) is 0 Å². The first-order valence-electron chi connectivity index (χ1n) is 9.46. The summed E-state index contributed by atoms with van der Waals surface area (Å²) >= 11 is 0. The number of carbonyl (C=O) groups is 6. The van der Waals surface area contributed by atoms with Crippen LogP contribution in [-0.4, -0.2) is 93.4 Å². The summed E-state index contributed by atoms with van der Waals surface area (Å²) in [4.78, 5) is 70.1. The van der Waals surface area contributed by atoms with Gasteiger partial charge in [0.2, 0.25) is 17.7 Å². The van der Waals surface area contributed by atoms with Gasteiger partial charge in [0.25, 0.3) is 0 Å². The van der Waals surface area contributed by atoms with Gasteiger partial charge in [0.05, 0.1) is 19.1 Å². The maximum Gasteiger partial charge on any atom is 0.328 e. The molecule has 0 aromatic heterocycles. The van der Waals surface area contributed by atoms with Crippen LogP contribution >= 0.6 is 0 Å². The molecule has 0 radical (unpaired) electrons. The van der Waals surface area contributed by atoms with Crippen LogP contribution in [0, 0.1) is 0 Å². The molecule has 1 saturated heterocycles. The Kier molecular flexibility index (Phi) is 10.3. The molecule has 3 amide bonds. The largest absolute Gasteiger partial charge is 0.481 e. The molecule has 0 aromatic carbocycles. The molecular formula is C17H26N4O10. The quantitative estimate of drug-likeness (QED) is 0.139. The average Bonchev–Trinajstić information content (AvgIpc) is 3.22. The van der Waals surface area contributed by atoms with E-state index in [4.69, 9.17) is 20.4 Å². The Morgan fingerprint density at radius 3 is 1.97 bits per heavy atom. The first-order valence-corrected chi connectivity index (χ1v) is 9.46. The van der Waals surface area contributed by atoms with Crippen molar-refractivity contribution in [1.29, 1.82) is 0 Å². The smallest absolute Gasteiger partial charge is 0.328 e. The standard InChI is InChI=1S/C17H26N4O10/c22-7-11(17(30)31)21-16(29)10(6-13(25)26)20-15(28)9(3-4-12(23)24)19-14(27)8-2-1-5-18-8/h8-11,18,22H,1-7H2,(H,19,27)(H,20,28)(H,21,29)(H,23,24)(H,25,26)(H,30,31). The van der Waals surface area contributed by atoms with Crippen LogP contribution in [0.1, 0.15) is 32.1 Å². The van der Waals surface area contributed by atoms with E-state index >= 15 is 0 Å². The fourth-order valence-electron chi connectivity index (χ4n) is 2.83. The number of hydrogen-bond donors (Lipinski definition) is 8. The van der Waals surface area contributed by atoms with Crippen molar-refractivity contribution in [2.24, 2.45) is 0 Å². The third-order valence-electron chi connectivity index (χ3n) is 4.47. The van der Waals surface area contributed by atoms with Gasteiger partial charge in [-0.2, -0.15) is 0 Å². The lowest BCUT2D eigenvalue weighted by Crippen LogP contribution is -2.57. The number of aliphatic carboxylic acids is 3.